The molecule has 8 nitrogen and oxygen atoms in total. The smallest absolute Gasteiger partial charge is 0.319 e. The molecule has 0 aliphatic rings. The van der Waals surface area contributed by atoms with Crippen LogP contribution in [-0.2, 0) is 4.79 Å². The molecular weight excluding hydrogens is 424 g/mol. The molecule has 3 N–H and O–H groups in total. The Morgan fingerprint density at radius 3 is 2.57 bits per heavy atom. The third kappa shape index (κ3) is 5.07. The van der Waals surface area contributed by atoms with E-state index in [9.17, 15) is 9.59 Å². The zero-order valence-electron chi connectivity index (χ0n) is 15.6. The molecule has 2 aromatic heterocycles. The van der Waals surface area contributed by atoms with E-state index in [0.717, 1.165) is 15.5 Å². The van der Waals surface area contributed by atoms with Gasteiger partial charge in [-0.2, -0.15) is 5.10 Å². The van der Waals surface area contributed by atoms with E-state index in [1.165, 1.54) is 0 Å². The molecule has 2 heterocycles. The lowest BCUT2D eigenvalue weighted by molar-refractivity contribution is -0.116. The van der Waals surface area contributed by atoms with Gasteiger partial charge in [-0.25, -0.2) is 14.5 Å². The third-order valence-corrected chi connectivity index (χ3v) is 4.47. The molecule has 3 aromatic rings. The first-order valence-electron chi connectivity index (χ1n) is 8.86. The molecule has 0 radical (unpaired) electrons. The van der Waals surface area contributed by atoms with Gasteiger partial charge in [0.2, 0.25) is 5.91 Å². The van der Waals surface area contributed by atoms with Gasteiger partial charge >= 0.3 is 6.03 Å². The first kappa shape index (κ1) is 19.8. The van der Waals surface area contributed by atoms with Crippen LogP contribution < -0.4 is 16.0 Å². The van der Waals surface area contributed by atoms with Crippen LogP contribution in [-0.4, -0.2) is 33.2 Å². The van der Waals surface area contributed by atoms with Crippen molar-refractivity contribution in [3.05, 3.63) is 47.2 Å². The van der Waals surface area contributed by atoms with Crippen LogP contribution in [0.3, 0.4) is 0 Å². The van der Waals surface area contributed by atoms with E-state index < -0.39 is 0 Å². The highest BCUT2D eigenvalue weighted by Crippen LogP contribution is 2.19. The maximum absolute atomic E-state index is 12.1. The number of nitrogens with one attached hydrogen (secondary N) is 3. The molecule has 0 fully saturated rings. The number of rotatable bonds is 6. The lowest BCUT2D eigenvalue weighted by atomic mass is 10.3. The molecule has 0 saturated carbocycles. The summed E-state index contributed by atoms with van der Waals surface area (Å²) in [6, 6.07) is 8.90. The van der Waals surface area contributed by atoms with E-state index in [2.05, 4.69) is 42.0 Å². The lowest BCUT2D eigenvalue weighted by Gasteiger charge is -2.09. The Hall–Kier alpha value is -2.94. The first-order valence-corrected chi connectivity index (χ1v) is 9.65. The number of fused-ring (bicyclic) bond motifs is 1. The standard InChI is InChI=1S/C19H21BrN6O2/c1-12(2)26-18-13(10-23-26)9-16(11-22-18)24-17(27)7-8-21-19(28)25-15-5-3-14(20)4-6-15/h3-6,9-12H,7-8H2,1-2H3,(H,24,27)(H2,21,25,28). The maximum atomic E-state index is 12.1. The topological polar surface area (TPSA) is 101 Å². The quantitative estimate of drug-likeness (QED) is 0.535. The van der Waals surface area contributed by atoms with Crippen LogP contribution in [0.2, 0.25) is 0 Å². The summed E-state index contributed by atoms with van der Waals surface area (Å²) in [5, 5.41) is 13.3. The van der Waals surface area contributed by atoms with Crippen molar-refractivity contribution in [3.8, 4) is 0 Å². The highest BCUT2D eigenvalue weighted by molar-refractivity contribution is 9.10. The van der Waals surface area contributed by atoms with Crippen molar-refractivity contribution < 1.29 is 9.59 Å². The van der Waals surface area contributed by atoms with Crippen LogP contribution >= 0.6 is 15.9 Å². The molecule has 28 heavy (non-hydrogen) atoms. The largest absolute Gasteiger partial charge is 0.337 e. The minimum absolute atomic E-state index is 0.150. The minimum Gasteiger partial charge on any atom is -0.337 e. The minimum atomic E-state index is -0.362. The Morgan fingerprint density at radius 1 is 1.11 bits per heavy atom. The molecule has 0 unspecified atom stereocenters. The van der Waals surface area contributed by atoms with Crippen LogP contribution in [0.15, 0.2) is 47.2 Å². The molecular formula is C19H21BrN6O2. The van der Waals surface area contributed by atoms with Gasteiger partial charge in [0.25, 0.3) is 0 Å². The highest BCUT2D eigenvalue weighted by atomic mass is 79.9. The number of hydrogen-bond acceptors (Lipinski definition) is 4. The fourth-order valence-corrected chi connectivity index (χ4v) is 2.87. The Balaban J connectivity index is 1.47. The van der Waals surface area contributed by atoms with Gasteiger partial charge in [-0.1, -0.05) is 15.9 Å². The first-order chi connectivity index (χ1) is 13.4. The van der Waals surface area contributed by atoms with Crippen molar-refractivity contribution in [2.75, 3.05) is 17.2 Å². The van der Waals surface area contributed by atoms with Gasteiger partial charge in [-0.05, 0) is 44.2 Å². The van der Waals surface area contributed by atoms with E-state index in [1.807, 2.05) is 36.7 Å². The Kier molecular flexibility index (Phi) is 6.25. The van der Waals surface area contributed by atoms with Gasteiger partial charge in [-0.15, -0.1) is 0 Å². The van der Waals surface area contributed by atoms with Crippen molar-refractivity contribution in [1.82, 2.24) is 20.1 Å². The van der Waals surface area contributed by atoms with Crippen LogP contribution in [0.4, 0.5) is 16.2 Å². The van der Waals surface area contributed by atoms with E-state index >= 15 is 0 Å². The van der Waals surface area contributed by atoms with Crippen LogP contribution in [0.25, 0.3) is 11.0 Å². The molecule has 3 amide bonds. The summed E-state index contributed by atoms with van der Waals surface area (Å²) in [7, 11) is 0. The molecule has 146 valence electrons. The highest BCUT2D eigenvalue weighted by Gasteiger charge is 2.10. The number of amides is 3. The monoisotopic (exact) mass is 444 g/mol. The molecule has 0 atom stereocenters. The van der Waals surface area contributed by atoms with E-state index in [4.69, 9.17) is 0 Å². The molecule has 0 aliphatic heterocycles. The zero-order valence-corrected chi connectivity index (χ0v) is 17.2. The molecule has 0 spiro atoms. The predicted octanol–water partition coefficient (Wildman–Crippen LogP) is 3.93. The van der Waals surface area contributed by atoms with Gasteiger partial charge in [-0.3, -0.25) is 4.79 Å². The maximum Gasteiger partial charge on any atom is 0.319 e. The number of carbonyl (C=O) groups is 2. The van der Waals surface area contributed by atoms with Crippen molar-refractivity contribution in [3.63, 3.8) is 0 Å². The zero-order chi connectivity index (χ0) is 20.1. The van der Waals surface area contributed by atoms with E-state index in [-0.39, 0.29) is 30.9 Å². The van der Waals surface area contributed by atoms with Crippen LogP contribution in [0.1, 0.15) is 26.3 Å². The number of carbonyl (C=O) groups excluding carboxylic acids is 2. The second kappa shape index (κ2) is 8.83. The SMILES string of the molecule is CC(C)n1ncc2cc(NC(=O)CCNC(=O)Nc3ccc(Br)cc3)cnc21. The summed E-state index contributed by atoms with van der Waals surface area (Å²) in [6.45, 7) is 4.28. The average molecular weight is 445 g/mol. The summed E-state index contributed by atoms with van der Waals surface area (Å²) < 4.78 is 2.76. The summed E-state index contributed by atoms with van der Waals surface area (Å²) in [4.78, 5) is 28.3. The number of aromatic nitrogens is 3. The normalized spacial score (nSPS) is 10.9. The van der Waals surface area contributed by atoms with Gasteiger partial charge in [0, 0.05) is 34.6 Å². The van der Waals surface area contributed by atoms with Crippen molar-refractivity contribution in [1.29, 1.82) is 0 Å². The summed E-state index contributed by atoms with van der Waals surface area (Å²) in [6.07, 6.45) is 3.48. The Labute approximate surface area is 170 Å². The van der Waals surface area contributed by atoms with Crippen molar-refractivity contribution in [2.24, 2.45) is 0 Å². The number of nitrogens with zero attached hydrogens (tertiary/aromatic N) is 3. The fourth-order valence-electron chi connectivity index (χ4n) is 2.61. The van der Waals surface area contributed by atoms with Crippen LogP contribution in [0.5, 0.6) is 0 Å². The molecule has 0 aliphatic carbocycles. The Morgan fingerprint density at radius 2 is 1.86 bits per heavy atom. The summed E-state index contributed by atoms with van der Waals surface area (Å²) in [5.41, 5.74) is 2.05. The van der Waals surface area contributed by atoms with Crippen molar-refractivity contribution >= 4 is 50.3 Å². The molecule has 0 bridgehead atoms. The van der Waals surface area contributed by atoms with Gasteiger partial charge < -0.3 is 16.0 Å². The molecule has 9 heteroatoms. The molecule has 3 rings (SSSR count). The number of urea groups is 1. The third-order valence-electron chi connectivity index (χ3n) is 3.95. The number of anilines is 2. The molecule has 0 saturated heterocycles. The van der Waals surface area contributed by atoms with Crippen LogP contribution in [0, 0.1) is 0 Å². The number of halogens is 1. The second-order valence-corrected chi connectivity index (χ2v) is 7.42. The van der Waals surface area contributed by atoms with Gasteiger partial charge in [0.1, 0.15) is 0 Å². The van der Waals surface area contributed by atoms with E-state index in [0.29, 0.717) is 11.4 Å². The number of hydrogen-bond donors (Lipinski definition) is 3. The van der Waals surface area contributed by atoms with Gasteiger partial charge in [0.05, 0.1) is 18.1 Å². The van der Waals surface area contributed by atoms with Gasteiger partial charge in [0.15, 0.2) is 5.65 Å². The average Bonchev–Trinajstić information content (AvgIpc) is 3.07. The number of pyridine rings is 1. The fraction of sp³-hybridized carbons (Fsp3) is 0.263. The predicted molar refractivity (Wildman–Crippen MR) is 112 cm³/mol. The summed E-state index contributed by atoms with van der Waals surface area (Å²) in [5.74, 6) is -0.207. The molecule has 1 aromatic carbocycles. The van der Waals surface area contributed by atoms with E-state index in [1.54, 1.807) is 24.5 Å². The Bertz CT molecular complexity index is 984. The van der Waals surface area contributed by atoms with Crippen molar-refractivity contribution in [2.45, 2.75) is 26.3 Å². The second-order valence-electron chi connectivity index (χ2n) is 6.51. The lowest BCUT2D eigenvalue weighted by Crippen LogP contribution is -2.31. The number of benzene rings is 1. The summed E-state index contributed by atoms with van der Waals surface area (Å²) >= 11 is 3.34.